The van der Waals surface area contributed by atoms with Crippen LogP contribution >= 0.6 is 0 Å². The Kier molecular flexibility index (Phi) is 4.81. The number of halogens is 1. The Hall–Kier alpha value is -3.80. The number of aromatic amines is 1. The standard InChI is InChI=1S/C18H16FN7O/c1-10-6-15(14-7-13(19)5-4-12(14)8-20)25-16(10)23-11(2)24-18(27)17-21-9-22-26(17)3/h4-7,9,25H,1-3H3,(H,23,24,27). The average molecular weight is 365 g/mol. The predicted octanol–water partition coefficient (Wildman–Crippen LogP) is 2.61. The van der Waals surface area contributed by atoms with E-state index in [1.54, 1.807) is 20.0 Å². The van der Waals surface area contributed by atoms with Crippen LogP contribution in [0.3, 0.4) is 0 Å². The molecule has 0 spiro atoms. The number of H-pyrrole nitrogens is 1. The van der Waals surface area contributed by atoms with Gasteiger partial charge in [0.2, 0.25) is 5.82 Å². The minimum Gasteiger partial charge on any atom is -0.339 e. The van der Waals surface area contributed by atoms with E-state index < -0.39 is 11.7 Å². The lowest BCUT2D eigenvalue weighted by molar-refractivity contribution is 0.0962. The molecule has 1 aromatic carbocycles. The number of nitriles is 1. The van der Waals surface area contributed by atoms with E-state index in [2.05, 4.69) is 25.4 Å². The van der Waals surface area contributed by atoms with Crippen molar-refractivity contribution < 1.29 is 9.18 Å². The summed E-state index contributed by atoms with van der Waals surface area (Å²) in [6.45, 7) is 3.46. The molecule has 0 fully saturated rings. The van der Waals surface area contributed by atoms with Crippen molar-refractivity contribution in [3.05, 3.63) is 53.4 Å². The summed E-state index contributed by atoms with van der Waals surface area (Å²) in [4.78, 5) is 23.4. The highest BCUT2D eigenvalue weighted by atomic mass is 19.1. The number of carbonyl (C=O) groups is 1. The first-order chi connectivity index (χ1) is 12.9. The van der Waals surface area contributed by atoms with Crippen molar-refractivity contribution in [1.82, 2.24) is 25.1 Å². The van der Waals surface area contributed by atoms with Crippen LogP contribution < -0.4 is 5.32 Å². The Bertz CT molecular complexity index is 1090. The van der Waals surface area contributed by atoms with E-state index >= 15 is 0 Å². The number of nitrogens with zero attached hydrogens (tertiary/aromatic N) is 5. The van der Waals surface area contributed by atoms with Gasteiger partial charge in [0.25, 0.3) is 5.91 Å². The molecule has 0 aliphatic heterocycles. The Morgan fingerprint density at radius 3 is 2.85 bits per heavy atom. The molecule has 136 valence electrons. The van der Waals surface area contributed by atoms with E-state index in [0.29, 0.717) is 28.5 Å². The minimum absolute atomic E-state index is 0.159. The minimum atomic E-state index is -0.437. The van der Waals surface area contributed by atoms with Gasteiger partial charge in [-0.25, -0.2) is 19.0 Å². The molecule has 0 unspecified atom stereocenters. The normalized spacial score (nSPS) is 11.3. The lowest BCUT2D eigenvalue weighted by Crippen LogP contribution is -2.30. The third-order valence-corrected chi connectivity index (χ3v) is 3.87. The van der Waals surface area contributed by atoms with Gasteiger partial charge in [0.05, 0.1) is 11.6 Å². The van der Waals surface area contributed by atoms with Crippen LogP contribution in [0.2, 0.25) is 0 Å². The maximum absolute atomic E-state index is 13.6. The lowest BCUT2D eigenvalue weighted by Gasteiger charge is -2.04. The van der Waals surface area contributed by atoms with Gasteiger partial charge in [0.1, 0.15) is 23.8 Å². The molecule has 0 aliphatic carbocycles. The third-order valence-electron chi connectivity index (χ3n) is 3.87. The Labute approximate surface area is 154 Å². The van der Waals surface area contributed by atoms with Gasteiger partial charge in [-0.05, 0) is 43.7 Å². The van der Waals surface area contributed by atoms with Crippen LogP contribution in [-0.2, 0) is 7.05 Å². The number of benzene rings is 1. The van der Waals surface area contributed by atoms with Crippen LogP contribution in [-0.4, -0.2) is 31.5 Å². The molecule has 9 heteroatoms. The van der Waals surface area contributed by atoms with E-state index in [4.69, 9.17) is 0 Å². The average Bonchev–Trinajstić information content (AvgIpc) is 3.21. The zero-order valence-electron chi connectivity index (χ0n) is 14.9. The Morgan fingerprint density at radius 2 is 2.19 bits per heavy atom. The van der Waals surface area contributed by atoms with Crippen molar-refractivity contribution in [2.75, 3.05) is 0 Å². The molecule has 0 saturated carbocycles. The summed E-state index contributed by atoms with van der Waals surface area (Å²) in [7, 11) is 1.61. The Balaban J connectivity index is 1.88. The molecule has 27 heavy (non-hydrogen) atoms. The van der Waals surface area contributed by atoms with Crippen LogP contribution in [0.15, 0.2) is 35.6 Å². The summed E-state index contributed by atoms with van der Waals surface area (Å²) < 4.78 is 14.9. The van der Waals surface area contributed by atoms with Crippen molar-refractivity contribution in [1.29, 1.82) is 5.26 Å². The smallest absolute Gasteiger partial charge is 0.294 e. The number of amides is 1. The van der Waals surface area contributed by atoms with Crippen LogP contribution in [0.25, 0.3) is 11.3 Å². The third kappa shape index (κ3) is 3.74. The highest BCUT2D eigenvalue weighted by Crippen LogP contribution is 2.29. The maximum atomic E-state index is 13.6. The van der Waals surface area contributed by atoms with Crippen molar-refractivity contribution in [2.24, 2.45) is 12.0 Å². The highest BCUT2D eigenvalue weighted by molar-refractivity contribution is 6.04. The zero-order valence-corrected chi connectivity index (χ0v) is 14.9. The quantitative estimate of drug-likeness (QED) is 0.549. The molecule has 0 atom stereocenters. The van der Waals surface area contributed by atoms with Gasteiger partial charge in [0.15, 0.2) is 0 Å². The molecule has 2 aromatic heterocycles. The second-order valence-corrected chi connectivity index (χ2v) is 5.87. The molecule has 2 heterocycles. The van der Waals surface area contributed by atoms with Crippen molar-refractivity contribution in [3.8, 4) is 17.3 Å². The van der Waals surface area contributed by atoms with Gasteiger partial charge >= 0.3 is 0 Å². The number of aliphatic imine (C=N–C) groups is 1. The summed E-state index contributed by atoms with van der Waals surface area (Å²) in [6, 6.07) is 7.77. The van der Waals surface area contributed by atoms with Gasteiger partial charge in [0, 0.05) is 18.3 Å². The number of aryl methyl sites for hydroxylation is 2. The van der Waals surface area contributed by atoms with Gasteiger partial charge in [-0.15, -0.1) is 0 Å². The number of nitrogens with one attached hydrogen (secondary N) is 2. The number of rotatable bonds is 3. The first-order valence-corrected chi connectivity index (χ1v) is 7.99. The second-order valence-electron chi connectivity index (χ2n) is 5.87. The van der Waals surface area contributed by atoms with Crippen molar-refractivity contribution in [3.63, 3.8) is 0 Å². The van der Waals surface area contributed by atoms with Crippen LogP contribution in [0.4, 0.5) is 10.2 Å². The molecular formula is C18H16FN7O. The summed E-state index contributed by atoms with van der Waals surface area (Å²) in [6.07, 6.45) is 1.29. The van der Waals surface area contributed by atoms with Gasteiger partial charge in [-0.2, -0.15) is 10.4 Å². The highest BCUT2D eigenvalue weighted by Gasteiger charge is 2.14. The number of carbonyl (C=O) groups excluding carboxylic acids is 1. The molecule has 0 radical (unpaired) electrons. The predicted molar refractivity (Wildman–Crippen MR) is 96.9 cm³/mol. The number of amidine groups is 1. The van der Waals surface area contributed by atoms with Crippen LogP contribution in [0.5, 0.6) is 0 Å². The van der Waals surface area contributed by atoms with Crippen molar-refractivity contribution in [2.45, 2.75) is 13.8 Å². The molecule has 2 N–H and O–H groups in total. The van der Waals surface area contributed by atoms with E-state index in [0.717, 1.165) is 5.56 Å². The molecule has 1 amide bonds. The maximum Gasteiger partial charge on any atom is 0.294 e. The van der Waals surface area contributed by atoms with Gasteiger partial charge < -0.3 is 10.3 Å². The molecular weight excluding hydrogens is 349 g/mol. The van der Waals surface area contributed by atoms with Crippen LogP contribution in [0, 0.1) is 24.1 Å². The van der Waals surface area contributed by atoms with E-state index in [1.165, 1.54) is 29.2 Å². The number of hydrogen-bond donors (Lipinski definition) is 2. The molecule has 0 aliphatic rings. The fourth-order valence-corrected chi connectivity index (χ4v) is 2.56. The molecule has 8 nitrogen and oxygen atoms in total. The summed E-state index contributed by atoms with van der Waals surface area (Å²) in [5.74, 6) is 0.131. The molecule has 0 bridgehead atoms. The summed E-state index contributed by atoms with van der Waals surface area (Å²) in [5.41, 5.74) is 2.14. The molecule has 3 rings (SSSR count). The van der Waals surface area contributed by atoms with E-state index in [9.17, 15) is 14.4 Å². The lowest BCUT2D eigenvalue weighted by atomic mass is 10.1. The van der Waals surface area contributed by atoms with Gasteiger partial charge in [-0.1, -0.05) is 0 Å². The summed E-state index contributed by atoms with van der Waals surface area (Å²) in [5, 5.41) is 15.7. The van der Waals surface area contributed by atoms with Crippen LogP contribution in [0.1, 0.15) is 28.7 Å². The first-order valence-electron chi connectivity index (χ1n) is 7.99. The summed E-state index contributed by atoms with van der Waals surface area (Å²) >= 11 is 0. The fourth-order valence-electron chi connectivity index (χ4n) is 2.56. The van der Waals surface area contributed by atoms with Gasteiger partial charge in [-0.3, -0.25) is 4.79 Å². The molecule has 3 aromatic rings. The SMILES string of the molecule is C/C(=N\c1[nH]c(-c2cc(F)ccc2C#N)cc1C)NC(=O)c1ncnn1C. The van der Waals surface area contributed by atoms with E-state index in [-0.39, 0.29) is 5.82 Å². The number of aromatic nitrogens is 4. The Morgan fingerprint density at radius 1 is 1.41 bits per heavy atom. The topological polar surface area (TPSA) is 112 Å². The number of hydrogen-bond acceptors (Lipinski definition) is 5. The second kappa shape index (κ2) is 7.21. The zero-order chi connectivity index (χ0) is 19.6. The van der Waals surface area contributed by atoms with E-state index in [1.807, 2.05) is 13.0 Å². The monoisotopic (exact) mass is 365 g/mol. The largest absolute Gasteiger partial charge is 0.339 e. The molecule has 0 saturated heterocycles. The first kappa shape index (κ1) is 18.0. The fraction of sp³-hybridized carbons (Fsp3) is 0.167. The van der Waals surface area contributed by atoms with Crippen molar-refractivity contribution >= 4 is 17.6 Å².